The van der Waals surface area contributed by atoms with Gasteiger partial charge in [0.05, 0.1) is 5.02 Å². The monoisotopic (exact) mass is 355 g/mol. The smallest absolute Gasteiger partial charge is 0.272 e. The van der Waals surface area contributed by atoms with Crippen molar-refractivity contribution in [3.05, 3.63) is 58.7 Å². The Morgan fingerprint density at radius 3 is 2.72 bits per heavy atom. The summed E-state index contributed by atoms with van der Waals surface area (Å²) < 4.78 is 5.99. The van der Waals surface area contributed by atoms with Crippen LogP contribution in [-0.2, 0) is 0 Å². The number of pyridine rings is 1. The second kappa shape index (κ2) is 6.48. The van der Waals surface area contributed by atoms with Gasteiger partial charge < -0.3 is 9.32 Å². The van der Waals surface area contributed by atoms with Crippen molar-refractivity contribution in [1.82, 2.24) is 14.9 Å². The van der Waals surface area contributed by atoms with Crippen molar-refractivity contribution in [2.75, 3.05) is 13.1 Å². The second-order valence-electron chi connectivity index (χ2n) is 6.40. The van der Waals surface area contributed by atoms with E-state index in [0.29, 0.717) is 23.8 Å². The Morgan fingerprint density at radius 2 is 2.04 bits per heavy atom. The van der Waals surface area contributed by atoms with Gasteiger partial charge in [-0.15, -0.1) is 0 Å². The number of benzene rings is 1. The molecule has 0 bridgehead atoms. The Morgan fingerprint density at radius 1 is 1.24 bits per heavy atom. The largest absolute Gasteiger partial charge is 0.440 e. The fourth-order valence-corrected chi connectivity index (χ4v) is 3.38. The molecule has 3 aromatic rings. The third-order valence-corrected chi connectivity index (χ3v) is 4.93. The summed E-state index contributed by atoms with van der Waals surface area (Å²) in [6.45, 7) is 3.37. The zero-order valence-corrected chi connectivity index (χ0v) is 14.7. The zero-order valence-electron chi connectivity index (χ0n) is 13.9. The second-order valence-corrected chi connectivity index (χ2v) is 6.84. The van der Waals surface area contributed by atoms with E-state index in [1.54, 1.807) is 12.1 Å². The van der Waals surface area contributed by atoms with Crippen molar-refractivity contribution < 1.29 is 9.21 Å². The van der Waals surface area contributed by atoms with Crippen LogP contribution in [0, 0.1) is 6.92 Å². The average molecular weight is 356 g/mol. The van der Waals surface area contributed by atoms with Gasteiger partial charge in [-0.05, 0) is 43.5 Å². The number of fused-ring (bicyclic) bond motifs is 1. The van der Waals surface area contributed by atoms with E-state index in [2.05, 4.69) is 9.97 Å². The Kier molecular flexibility index (Phi) is 4.17. The lowest BCUT2D eigenvalue weighted by Gasteiger charge is -2.30. The summed E-state index contributed by atoms with van der Waals surface area (Å²) in [6.07, 6.45) is 3.18. The van der Waals surface area contributed by atoms with Gasteiger partial charge in [0.25, 0.3) is 5.91 Å². The quantitative estimate of drug-likeness (QED) is 0.691. The van der Waals surface area contributed by atoms with Crippen LogP contribution in [0.4, 0.5) is 0 Å². The van der Waals surface area contributed by atoms with Crippen molar-refractivity contribution in [3.8, 4) is 0 Å². The fraction of sp³-hybridized carbons (Fsp3) is 0.316. The molecule has 5 nitrogen and oxygen atoms in total. The molecule has 0 aliphatic carbocycles. The molecule has 0 atom stereocenters. The van der Waals surface area contributed by atoms with E-state index in [1.165, 1.54) is 6.20 Å². The number of carbonyl (C=O) groups excluding carboxylic acids is 1. The lowest BCUT2D eigenvalue weighted by atomic mass is 9.96. The first-order valence-electron chi connectivity index (χ1n) is 8.38. The van der Waals surface area contributed by atoms with Gasteiger partial charge in [0, 0.05) is 25.2 Å². The van der Waals surface area contributed by atoms with E-state index in [4.69, 9.17) is 16.0 Å². The maximum Gasteiger partial charge on any atom is 0.272 e. The van der Waals surface area contributed by atoms with Gasteiger partial charge in [-0.2, -0.15) is 0 Å². The standard InChI is InChI=1S/C19H18ClN3O2/c1-12-3-2-4-15-17(12)25-18(22-15)13-7-9-23(10-8-13)19(24)16-6-5-14(20)11-21-16/h2-6,11,13H,7-10H2,1H3. The summed E-state index contributed by atoms with van der Waals surface area (Å²) in [5, 5.41) is 0.529. The van der Waals surface area contributed by atoms with Crippen molar-refractivity contribution in [1.29, 1.82) is 0 Å². The number of aromatic nitrogens is 2. The van der Waals surface area contributed by atoms with E-state index < -0.39 is 0 Å². The molecule has 2 aromatic heterocycles. The Hall–Kier alpha value is -2.40. The minimum atomic E-state index is -0.0523. The predicted molar refractivity (Wildman–Crippen MR) is 95.9 cm³/mol. The minimum Gasteiger partial charge on any atom is -0.440 e. The Bertz CT molecular complexity index is 912. The van der Waals surface area contributed by atoms with E-state index in [1.807, 2.05) is 30.0 Å². The Balaban J connectivity index is 1.46. The van der Waals surface area contributed by atoms with Crippen LogP contribution in [0.15, 0.2) is 40.9 Å². The number of piperidine rings is 1. The topological polar surface area (TPSA) is 59.2 Å². The maximum atomic E-state index is 12.5. The highest BCUT2D eigenvalue weighted by Gasteiger charge is 2.28. The van der Waals surface area contributed by atoms with Crippen molar-refractivity contribution in [2.24, 2.45) is 0 Å². The summed E-state index contributed by atoms with van der Waals surface area (Å²) in [6, 6.07) is 9.35. The minimum absolute atomic E-state index is 0.0523. The summed E-state index contributed by atoms with van der Waals surface area (Å²) in [4.78, 5) is 23.1. The zero-order chi connectivity index (χ0) is 17.4. The van der Waals surface area contributed by atoms with Crippen molar-refractivity contribution in [2.45, 2.75) is 25.7 Å². The molecule has 1 fully saturated rings. The first-order chi connectivity index (χ1) is 12.1. The highest BCUT2D eigenvalue weighted by atomic mass is 35.5. The van der Waals surface area contributed by atoms with Crippen LogP contribution >= 0.6 is 11.6 Å². The highest BCUT2D eigenvalue weighted by Crippen LogP contribution is 2.31. The lowest BCUT2D eigenvalue weighted by molar-refractivity contribution is 0.0701. The summed E-state index contributed by atoms with van der Waals surface area (Å²) in [5.41, 5.74) is 3.29. The van der Waals surface area contributed by atoms with E-state index in [9.17, 15) is 4.79 Å². The maximum absolute atomic E-state index is 12.5. The molecular weight excluding hydrogens is 338 g/mol. The number of halogens is 1. The molecule has 128 valence electrons. The summed E-state index contributed by atoms with van der Waals surface area (Å²) in [7, 11) is 0. The number of carbonyl (C=O) groups is 1. The molecule has 0 unspecified atom stereocenters. The lowest BCUT2D eigenvalue weighted by Crippen LogP contribution is -2.38. The number of likely N-dealkylation sites (tertiary alicyclic amines) is 1. The third-order valence-electron chi connectivity index (χ3n) is 4.71. The molecule has 3 heterocycles. The molecule has 25 heavy (non-hydrogen) atoms. The van der Waals surface area contributed by atoms with E-state index in [-0.39, 0.29) is 11.8 Å². The number of para-hydroxylation sites is 1. The number of amides is 1. The molecule has 1 aliphatic rings. The van der Waals surface area contributed by atoms with Crippen molar-refractivity contribution in [3.63, 3.8) is 0 Å². The van der Waals surface area contributed by atoms with Gasteiger partial charge in [0.2, 0.25) is 0 Å². The molecular formula is C19H18ClN3O2. The molecule has 1 saturated heterocycles. The number of nitrogens with zero attached hydrogens (tertiary/aromatic N) is 3. The number of oxazole rings is 1. The number of aryl methyl sites for hydroxylation is 1. The third kappa shape index (κ3) is 3.12. The van der Waals surface area contributed by atoms with Crippen LogP contribution < -0.4 is 0 Å². The number of hydrogen-bond acceptors (Lipinski definition) is 4. The number of rotatable bonds is 2. The van der Waals surface area contributed by atoms with Crippen LogP contribution in [0.5, 0.6) is 0 Å². The normalized spacial score (nSPS) is 15.7. The van der Waals surface area contributed by atoms with Gasteiger partial charge >= 0.3 is 0 Å². The van der Waals surface area contributed by atoms with Crippen LogP contribution in [0.3, 0.4) is 0 Å². The first-order valence-corrected chi connectivity index (χ1v) is 8.76. The number of hydrogen-bond donors (Lipinski definition) is 0. The molecule has 1 aromatic carbocycles. The summed E-state index contributed by atoms with van der Waals surface area (Å²) in [5.74, 6) is 0.971. The Labute approximate surface area is 150 Å². The molecule has 0 N–H and O–H groups in total. The molecule has 1 aliphatic heterocycles. The van der Waals surface area contributed by atoms with Crippen LogP contribution in [0.2, 0.25) is 5.02 Å². The van der Waals surface area contributed by atoms with E-state index >= 15 is 0 Å². The van der Waals surface area contributed by atoms with Crippen LogP contribution in [0.1, 0.15) is 40.7 Å². The highest BCUT2D eigenvalue weighted by molar-refractivity contribution is 6.30. The van der Waals surface area contributed by atoms with Crippen LogP contribution in [-0.4, -0.2) is 33.9 Å². The molecule has 0 spiro atoms. The fourth-order valence-electron chi connectivity index (χ4n) is 3.27. The SMILES string of the molecule is Cc1cccc2nc(C3CCN(C(=O)c4ccc(Cl)cn4)CC3)oc12. The predicted octanol–water partition coefficient (Wildman–Crippen LogP) is 4.20. The van der Waals surface area contributed by atoms with Gasteiger partial charge in [-0.3, -0.25) is 4.79 Å². The molecule has 0 saturated carbocycles. The first kappa shape index (κ1) is 16.1. The van der Waals surface area contributed by atoms with Gasteiger partial charge in [0.1, 0.15) is 11.2 Å². The molecule has 6 heteroatoms. The van der Waals surface area contributed by atoms with E-state index in [0.717, 1.165) is 35.4 Å². The molecule has 0 radical (unpaired) electrons. The molecule has 4 rings (SSSR count). The van der Waals surface area contributed by atoms with Gasteiger partial charge in [-0.1, -0.05) is 23.7 Å². The van der Waals surface area contributed by atoms with Gasteiger partial charge in [0.15, 0.2) is 11.5 Å². The molecule has 1 amide bonds. The van der Waals surface area contributed by atoms with Gasteiger partial charge in [-0.25, -0.2) is 9.97 Å². The average Bonchev–Trinajstić information content (AvgIpc) is 3.08. The van der Waals surface area contributed by atoms with Crippen molar-refractivity contribution >= 4 is 28.6 Å². The van der Waals surface area contributed by atoms with Crippen LogP contribution in [0.25, 0.3) is 11.1 Å². The summed E-state index contributed by atoms with van der Waals surface area (Å²) >= 11 is 5.83.